The first-order chi connectivity index (χ1) is 23.7. The summed E-state index contributed by atoms with van der Waals surface area (Å²) in [5.41, 5.74) is 0. The van der Waals surface area contributed by atoms with Crippen LogP contribution in [-0.2, 0) is 9.59 Å². The number of hydrogen-bond acceptors (Lipinski definition) is 3. The minimum atomic E-state index is 0.199. The van der Waals surface area contributed by atoms with E-state index in [0.717, 1.165) is 71.1 Å². The van der Waals surface area contributed by atoms with Crippen molar-refractivity contribution < 1.29 is 9.59 Å². The van der Waals surface area contributed by atoms with E-state index in [-0.39, 0.29) is 11.8 Å². The van der Waals surface area contributed by atoms with Gasteiger partial charge in [0.05, 0.1) is 0 Å². The summed E-state index contributed by atoms with van der Waals surface area (Å²) in [6.45, 7) is 7.97. The molecule has 3 N–H and O–H groups in total. The molecule has 0 bridgehead atoms. The summed E-state index contributed by atoms with van der Waals surface area (Å²) in [5, 5.41) is 9.60. The van der Waals surface area contributed by atoms with Crippen LogP contribution >= 0.6 is 0 Å². The quantitative estimate of drug-likeness (QED) is 0.0449. The number of nitrogens with one attached hydrogen (secondary N) is 3. The van der Waals surface area contributed by atoms with Gasteiger partial charge in [0, 0.05) is 25.9 Å². The lowest BCUT2D eigenvalue weighted by atomic mass is 10.1. The molecule has 0 aromatic rings. The molecule has 0 aliphatic rings. The number of hydrogen-bond donors (Lipinski definition) is 3. The molecule has 0 saturated carbocycles. The van der Waals surface area contributed by atoms with Gasteiger partial charge in [0.15, 0.2) is 0 Å². The molecule has 0 spiro atoms. The van der Waals surface area contributed by atoms with Gasteiger partial charge in [-0.25, -0.2) is 0 Å². The van der Waals surface area contributed by atoms with Crippen molar-refractivity contribution in [1.29, 1.82) is 0 Å². The highest BCUT2D eigenvalue weighted by molar-refractivity contribution is 5.76. The van der Waals surface area contributed by atoms with Crippen molar-refractivity contribution in [2.24, 2.45) is 0 Å². The number of allylic oxidation sites excluding steroid dienone is 4. The SMILES string of the molecule is CCCCCCCC/C=C\CCCCCCCC(=O)NCCCCNCCCNC(=O)CCCCCCC/C=C\CCCCCCCC. The molecule has 0 rings (SSSR count). The molecule has 0 atom stereocenters. The first kappa shape index (κ1) is 46.4. The summed E-state index contributed by atoms with van der Waals surface area (Å²) in [4.78, 5) is 24.1. The first-order valence-corrected chi connectivity index (χ1v) is 21.2. The van der Waals surface area contributed by atoms with Crippen LogP contribution in [0.15, 0.2) is 24.3 Å². The van der Waals surface area contributed by atoms with E-state index >= 15 is 0 Å². The van der Waals surface area contributed by atoms with Gasteiger partial charge >= 0.3 is 0 Å². The van der Waals surface area contributed by atoms with Gasteiger partial charge in [-0.3, -0.25) is 9.59 Å². The molecule has 0 aromatic carbocycles. The zero-order valence-electron chi connectivity index (χ0n) is 32.4. The Hall–Kier alpha value is -1.62. The van der Waals surface area contributed by atoms with Gasteiger partial charge in [0.1, 0.15) is 0 Å². The van der Waals surface area contributed by atoms with Crippen LogP contribution in [0.2, 0.25) is 0 Å². The minimum Gasteiger partial charge on any atom is -0.356 e. The lowest BCUT2D eigenvalue weighted by Gasteiger charge is -2.08. The van der Waals surface area contributed by atoms with E-state index in [2.05, 4.69) is 54.1 Å². The smallest absolute Gasteiger partial charge is 0.219 e. The molecular formula is C43H83N3O2. The highest BCUT2D eigenvalue weighted by atomic mass is 16.2. The lowest BCUT2D eigenvalue weighted by molar-refractivity contribution is -0.122. The van der Waals surface area contributed by atoms with Gasteiger partial charge in [-0.2, -0.15) is 0 Å². The van der Waals surface area contributed by atoms with E-state index in [9.17, 15) is 9.59 Å². The second-order valence-corrected chi connectivity index (χ2v) is 14.2. The normalized spacial score (nSPS) is 11.6. The van der Waals surface area contributed by atoms with Crippen LogP contribution in [-0.4, -0.2) is 38.0 Å². The van der Waals surface area contributed by atoms with E-state index in [1.54, 1.807) is 0 Å². The van der Waals surface area contributed by atoms with Crippen molar-refractivity contribution in [3.8, 4) is 0 Å². The molecular weight excluding hydrogens is 590 g/mol. The van der Waals surface area contributed by atoms with Crippen LogP contribution < -0.4 is 16.0 Å². The largest absolute Gasteiger partial charge is 0.356 e. The maximum absolute atomic E-state index is 12.1. The fourth-order valence-electron chi connectivity index (χ4n) is 6.06. The molecule has 0 radical (unpaired) electrons. The fourth-order valence-corrected chi connectivity index (χ4v) is 6.06. The van der Waals surface area contributed by atoms with Crippen molar-refractivity contribution in [3.05, 3.63) is 24.3 Å². The zero-order chi connectivity index (χ0) is 34.9. The van der Waals surface area contributed by atoms with Crippen LogP contribution in [0.3, 0.4) is 0 Å². The average molecular weight is 674 g/mol. The van der Waals surface area contributed by atoms with Crippen LogP contribution in [0.5, 0.6) is 0 Å². The summed E-state index contributed by atoms with van der Waals surface area (Å²) in [6, 6.07) is 0. The van der Waals surface area contributed by atoms with Gasteiger partial charge < -0.3 is 16.0 Å². The zero-order valence-corrected chi connectivity index (χ0v) is 32.4. The monoisotopic (exact) mass is 674 g/mol. The van der Waals surface area contributed by atoms with Crippen molar-refractivity contribution in [2.75, 3.05) is 26.2 Å². The molecule has 0 aromatic heterocycles. The van der Waals surface area contributed by atoms with Gasteiger partial charge in [0.2, 0.25) is 11.8 Å². The molecule has 0 unspecified atom stereocenters. The van der Waals surface area contributed by atoms with Crippen molar-refractivity contribution in [2.45, 2.75) is 213 Å². The minimum absolute atomic E-state index is 0.199. The second kappa shape index (κ2) is 41.6. The van der Waals surface area contributed by atoms with Crippen molar-refractivity contribution in [3.63, 3.8) is 0 Å². The van der Waals surface area contributed by atoms with Crippen LogP contribution in [0.4, 0.5) is 0 Å². The molecule has 5 heteroatoms. The topological polar surface area (TPSA) is 70.2 Å². The van der Waals surface area contributed by atoms with Gasteiger partial charge in [-0.15, -0.1) is 0 Å². The summed E-state index contributed by atoms with van der Waals surface area (Å²) in [6.07, 6.45) is 47.2. The third-order valence-electron chi connectivity index (χ3n) is 9.29. The highest BCUT2D eigenvalue weighted by Crippen LogP contribution is 2.11. The Kier molecular flexibility index (Phi) is 40.1. The summed E-state index contributed by atoms with van der Waals surface area (Å²) in [5.74, 6) is 0.406. The maximum atomic E-state index is 12.1. The number of rotatable bonds is 39. The molecule has 5 nitrogen and oxygen atoms in total. The van der Waals surface area contributed by atoms with E-state index in [1.807, 2.05) is 0 Å². The maximum Gasteiger partial charge on any atom is 0.219 e. The Bertz CT molecular complexity index is 661. The van der Waals surface area contributed by atoms with E-state index < -0.39 is 0 Å². The van der Waals surface area contributed by atoms with Gasteiger partial charge in [-0.1, -0.05) is 141 Å². The second-order valence-electron chi connectivity index (χ2n) is 14.2. The lowest BCUT2D eigenvalue weighted by Crippen LogP contribution is -2.28. The molecule has 48 heavy (non-hydrogen) atoms. The third kappa shape index (κ3) is 40.6. The number of carbonyl (C=O) groups excluding carboxylic acids is 2. The van der Waals surface area contributed by atoms with E-state index in [4.69, 9.17) is 0 Å². The molecule has 0 saturated heterocycles. The molecule has 282 valence electrons. The Morgan fingerprint density at radius 1 is 0.354 bits per heavy atom. The van der Waals surface area contributed by atoms with Gasteiger partial charge in [0.25, 0.3) is 0 Å². The predicted octanol–water partition coefficient (Wildman–Crippen LogP) is 12.1. The summed E-state index contributed by atoms with van der Waals surface area (Å²) >= 11 is 0. The number of unbranched alkanes of at least 4 members (excludes halogenated alkanes) is 23. The predicted molar refractivity (Wildman–Crippen MR) is 212 cm³/mol. The van der Waals surface area contributed by atoms with Crippen molar-refractivity contribution in [1.82, 2.24) is 16.0 Å². The molecule has 0 fully saturated rings. The Morgan fingerprint density at radius 3 is 1.08 bits per heavy atom. The van der Waals surface area contributed by atoms with E-state index in [0.29, 0.717) is 12.8 Å². The number of amides is 2. The number of carbonyl (C=O) groups is 2. The summed E-state index contributed by atoms with van der Waals surface area (Å²) in [7, 11) is 0. The van der Waals surface area contributed by atoms with Gasteiger partial charge in [-0.05, 0) is 96.6 Å². The van der Waals surface area contributed by atoms with Crippen molar-refractivity contribution >= 4 is 11.8 Å². The molecule has 0 heterocycles. The Labute approximate surface area is 300 Å². The summed E-state index contributed by atoms with van der Waals surface area (Å²) < 4.78 is 0. The third-order valence-corrected chi connectivity index (χ3v) is 9.29. The molecule has 2 amide bonds. The Balaban J connectivity index is 3.29. The van der Waals surface area contributed by atoms with Crippen LogP contribution in [0.1, 0.15) is 213 Å². The standard InChI is InChI=1S/C43H83N3O2/c1-3-5-7-9-11-13-15-17-19-21-23-25-27-29-31-36-42(47)45-40-34-33-38-44-39-35-41-46-43(48)37-32-30-28-26-24-22-20-18-16-14-12-10-8-6-4-2/h17-20,44H,3-16,21-41H2,1-2H3,(H,45,47)(H,46,48)/b19-17-,20-18-. The Morgan fingerprint density at radius 2 is 0.667 bits per heavy atom. The first-order valence-electron chi connectivity index (χ1n) is 21.2. The van der Waals surface area contributed by atoms with E-state index in [1.165, 1.54) is 141 Å². The average Bonchev–Trinajstić information content (AvgIpc) is 3.09. The molecule has 0 aliphatic carbocycles. The highest BCUT2D eigenvalue weighted by Gasteiger charge is 2.02. The van der Waals surface area contributed by atoms with Crippen LogP contribution in [0.25, 0.3) is 0 Å². The fraction of sp³-hybridized carbons (Fsp3) is 0.860. The van der Waals surface area contributed by atoms with Crippen LogP contribution in [0, 0.1) is 0 Å². The molecule has 0 aliphatic heterocycles.